The summed E-state index contributed by atoms with van der Waals surface area (Å²) in [5.41, 5.74) is 5.70. The SMILES string of the molecule is CON=C(C(=O)NC1C(=O)N2C(C(=O)O)=C(CSc3nnnn3C)CS[C@H]12)c1nc(N)c(Cl)cc1Cl. The summed E-state index contributed by atoms with van der Waals surface area (Å²) >= 11 is 14.6. The number of β-lactam (4-membered cyclic amide) rings is 1. The predicted molar refractivity (Wildman–Crippen MR) is 131 cm³/mol. The number of rotatable bonds is 8. The number of aromatic nitrogens is 5. The molecular weight excluding hydrogens is 557 g/mol. The summed E-state index contributed by atoms with van der Waals surface area (Å²) in [5, 5.41) is 27.1. The molecule has 1 fully saturated rings. The Labute approximate surface area is 221 Å². The Hall–Kier alpha value is -3.08. The summed E-state index contributed by atoms with van der Waals surface area (Å²) in [6, 6.07) is 0.284. The van der Waals surface area contributed by atoms with Crippen LogP contribution in [0, 0.1) is 0 Å². The van der Waals surface area contributed by atoms with Crippen LogP contribution in [-0.4, -0.2) is 88.7 Å². The van der Waals surface area contributed by atoms with Crippen LogP contribution in [0.25, 0.3) is 0 Å². The smallest absolute Gasteiger partial charge is 0.352 e. The third-order valence-electron chi connectivity index (χ3n) is 5.07. The number of nitrogen functional groups attached to an aromatic ring is 1. The summed E-state index contributed by atoms with van der Waals surface area (Å²) in [4.78, 5) is 47.9. The molecule has 1 unspecified atom stereocenters. The van der Waals surface area contributed by atoms with Crippen LogP contribution >= 0.6 is 46.7 Å². The Bertz CT molecular complexity index is 1320. The molecule has 0 saturated carbocycles. The summed E-state index contributed by atoms with van der Waals surface area (Å²) in [6.07, 6.45) is 0. The van der Waals surface area contributed by atoms with Crippen molar-refractivity contribution >= 4 is 76.0 Å². The van der Waals surface area contributed by atoms with E-state index >= 15 is 0 Å². The van der Waals surface area contributed by atoms with Crippen LogP contribution in [-0.2, 0) is 26.3 Å². The molecule has 1 saturated heterocycles. The zero-order chi connectivity index (χ0) is 26.1. The lowest BCUT2D eigenvalue weighted by atomic mass is 10.0. The van der Waals surface area contributed by atoms with Gasteiger partial charge in [-0.3, -0.25) is 14.5 Å². The molecule has 0 bridgehead atoms. The van der Waals surface area contributed by atoms with E-state index in [2.05, 4.69) is 31.0 Å². The highest BCUT2D eigenvalue weighted by atomic mass is 35.5. The van der Waals surface area contributed by atoms with Crippen LogP contribution < -0.4 is 11.1 Å². The number of thioether (sulfide) groups is 2. The Morgan fingerprint density at radius 2 is 2.17 bits per heavy atom. The first-order valence-corrected chi connectivity index (χ1v) is 12.7. The van der Waals surface area contributed by atoms with Gasteiger partial charge in [-0.05, 0) is 22.1 Å². The fourth-order valence-electron chi connectivity index (χ4n) is 3.43. The molecule has 2 amide bonds. The number of amides is 2. The normalized spacial score (nSPS) is 19.6. The van der Waals surface area contributed by atoms with Gasteiger partial charge in [0.1, 0.15) is 35.7 Å². The van der Waals surface area contributed by atoms with Crippen molar-refractivity contribution in [1.29, 1.82) is 0 Å². The van der Waals surface area contributed by atoms with Crippen LogP contribution in [0.5, 0.6) is 0 Å². The fraction of sp³-hybridized carbons (Fsp3) is 0.333. The van der Waals surface area contributed by atoms with Crippen molar-refractivity contribution in [2.24, 2.45) is 12.2 Å². The minimum absolute atomic E-state index is 0.00916. The zero-order valence-electron chi connectivity index (χ0n) is 18.5. The molecule has 18 heteroatoms. The number of nitrogens with zero attached hydrogens (tertiary/aromatic N) is 7. The average molecular weight is 574 g/mol. The lowest BCUT2D eigenvalue weighted by Gasteiger charge is -2.49. The maximum Gasteiger partial charge on any atom is 0.352 e. The van der Waals surface area contributed by atoms with E-state index < -0.39 is 29.2 Å². The van der Waals surface area contributed by atoms with Gasteiger partial charge >= 0.3 is 5.97 Å². The standard InChI is InChI=1S/C18H17Cl2N9O5S2/c1-28-18(24-26-27-28)36-5-6-4-35-16-11(15(31)29(16)12(6)17(32)33)23-14(30)10(25-34-2)9-7(19)3-8(20)13(21)22-9/h3,11,16H,4-5H2,1-2H3,(H2,21,22)(H,23,30)(H,32,33)/t11?,16-/m1/s1. The quantitative estimate of drug-likeness (QED) is 0.170. The first-order chi connectivity index (χ1) is 17.1. The van der Waals surface area contributed by atoms with Gasteiger partial charge in [0.2, 0.25) is 5.16 Å². The number of carbonyl (C=O) groups excluding carboxylic acids is 2. The van der Waals surface area contributed by atoms with Crippen LogP contribution in [0.3, 0.4) is 0 Å². The molecule has 2 aliphatic rings. The number of hydrogen-bond donors (Lipinski definition) is 3. The maximum atomic E-state index is 13.0. The molecule has 0 radical (unpaired) electrons. The number of carboxylic acids is 1. The molecule has 4 rings (SSSR count). The minimum atomic E-state index is -1.25. The largest absolute Gasteiger partial charge is 0.477 e. The number of anilines is 1. The molecule has 14 nitrogen and oxygen atoms in total. The van der Waals surface area contributed by atoms with Crippen LogP contribution in [0.1, 0.15) is 5.69 Å². The topological polar surface area (TPSA) is 191 Å². The van der Waals surface area contributed by atoms with Crippen LogP contribution in [0.15, 0.2) is 27.6 Å². The highest BCUT2D eigenvalue weighted by Gasteiger charge is 2.54. The van der Waals surface area contributed by atoms with Gasteiger partial charge in [-0.2, -0.15) is 0 Å². The number of tetrazole rings is 1. The van der Waals surface area contributed by atoms with E-state index in [0.717, 1.165) is 4.90 Å². The molecule has 0 spiro atoms. The maximum absolute atomic E-state index is 13.0. The number of carbonyl (C=O) groups is 3. The molecule has 2 atom stereocenters. The second kappa shape index (κ2) is 10.5. The number of oxime groups is 1. The lowest BCUT2D eigenvalue weighted by molar-refractivity contribution is -0.150. The number of nitrogens with two attached hydrogens (primary N) is 1. The third kappa shape index (κ3) is 4.80. The van der Waals surface area contributed by atoms with E-state index in [0.29, 0.717) is 16.5 Å². The van der Waals surface area contributed by atoms with Crippen molar-refractivity contribution in [1.82, 2.24) is 35.4 Å². The molecule has 4 heterocycles. The van der Waals surface area contributed by atoms with E-state index in [9.17, 15) is 19.5 Å². The Morgan fingerprint density at radius 3 is 2.81 bits per heavy atom. The fourth-order valence-corrected chi connectivity index (χ4v) is 6.21. The lowest BCUT2D eigenvalue weighted by Crippen LogP contribution is -2.71. The monoisotopic (exact) mass is 573 g/mol. The molecular formula is C18H17Cl2N9O5S2. The number of aliphatic carboxylic acids is 1. The van der Waals surface area contributed by atoms with Gasteiger partial charge in [-0.25, -0.2) is 14.5 Å². The third-order valence-corrected chi connectivity index (χ3v) is 8.10. The Kier molecular flexibility index (Phi) is 7.58. The number of pyridine rings is 1. The second-order valence-electron chi connectivity index (χ2n) is 7.30. The second-order valence-corrected chi connectivity index (χ2v) is 10.2. The highest BCUT2D eigenvalue weighted by Crippen LogP contribution is 2.41. The molecule has 2 aromatic rings. The highest BCUT2D eigenvalue weighted by molar-refractivity contribution is 8.01. The van der Waals surface area contributed by atoms with Crippen molar-refractivity contribution < 1.29 is 24.3 Å². The zero-order valence-corrected chi connectivity index (χ0v) is 21.7. The molecule has 0 aliphatic carbocycles. The van der Waals surface area contributed by atoms with Gasteiger partial charge in [-0.1, -0.05) is 40.1 Å². The van der Waals surface area contributed by atoms with Crippen LogP contribution in [0.2, 0.25) is 10.0 Å². The molecule has 2 aromatic heterocycles. The van der Waals surface area contributed by atoms with E-state index in [-0.39, 0.29) is 38.7 Å². The van der Waals surface area contributed by atoms with Crippen molar-refractivity contribution in [3.63, 3.8) is 0 Å². The van der Waals surface area contributed by atoms with Crippen molar-refractivity contribution in [2.45, 2.75) is 16.6 Å². The summed E-state index contributed by atoms with van der Waals surface area (Å²) < 4.78 is 1.46. The summed E-state index contributed by atoms with van der Waals surface area (Å²) in [6.45, 7) is 0. The number of nitrogens with one attached hydrogen (secondary N) is 1. The van der Waals surface area contributed by atoms with Crippen molar-refractivity contribution in [3.05, 3.63) is 33.1 Å². The Morgan fingerprint density at radius 1 is 1.42 bits per heavy atom. The molecule has 4 N–H and O–H groups in total. The van der Waals surface area contributed by atoms with Gasteiger partial charge < -0.3 is 21.0 Å². The van der Waals surface area contributed by atoms with E-state index in [4.69, 9.17) is 33.8 Å². The van der Waals surface area contributed by atoms with Gasteiger partial charge in [0, 0.05) is 18.6 Å². The first-order valence-electron chi connectivity index (χ1n) is 9.93. The molecule has 2 aliphatic heterocycles. The van der Waals surface area contributed by atoms with Crippen molar-refractivity contribution in [3.8, 4) is 0 Å². The first kappa shape index (κ1) is 26.0. The van der Waals surface area contributed by atoms with Gasteiger partial charge in [-0.15, -0.1) is 16.9 Å². The van der Waals surface area contributed by atoms with Gasteiger partial charge in [0.15, 0.2) is 5.71 Å². The number of fused-ring (bicyclic) bond motifs is 1. The number of carboxylic acid groups (broad SMARTS) is 1. The minimum Gasteiger partial charge on any atom is -0.477 e. The number of aryl methyl sites for hydroxylation is 1. The van der Waals surface area contributed by atoms with Gasteiger partial charge in [0.25, 0.3) is 11.8 Å². The molecule has 36 heavy (non-hydrogen) atoms. The van der Waals surface area contributed by atoms with Crippen LogP contribution in [0.4, 0.5) is 5.82 Å². The summed E-state index contributed by atoms with van der Waals surface area (Å²) in [5.74, 6) is -2.15. The Balaban J connectivity index is 1.53. The van der Waals surface area contributed by atoms with Gasteiger partial charge in [0.05, 0.1) is 10.0 Å². The molecule has 190 valence electrons. The van der Waals surface area contributed by atoms with E-state index in [1.807, 2.05) is 0 Å². The number of halogens is 2. The number of hydrogen-bond acceptors (Lipinski definition) is 12. The molecule has 0 aromatic carbocycles. The average Bonchev–Trinajstić information content (AvgIpc) is 3.25. The van der Waals surface area contributed by atoms with Crippen molar-refractivity contribution in [2.75, 3.05) is 24.3 Å². The summed E-state index contributed by atoms with van der Waals surface area (Å²) in [7, 11) is 2.88. The predicted octanol–water partition coefficient (Wildman–Crippen LogP) is 0.375. The van der Waals surface area contributed by atoms with E-state index in [1.165, 1.54) is 41.4 Å². The van der Waals surface area contributed by atoms with E-state index in [1.54, 1.807) is 7.05 Å².